The first kappa shape index (κ1) is 13.5. The quantitative estimate of drug-likeness (QED) is 0.665. The first-order valence-electron chi connectivity index (χ1n) is 6.53. The van der Waals surface area contributed by atoms with E-state index in [0.29, 0.717) is 6.42 Å². The molecule has 1 aromatic heterocycles. The molecule has 0 aliphatic rings. The SMILES string of the molecule is Cc1nc2ccc(CCNCCCC(=O)O)cc2[nH]1. The lowest BCUT2D eigenvalue weighted by molar-refractivity contribution is -0.137. The predicted molar refractivity (Wildman–Crippen MR) is 74.3 cm³/mol. The second-order valence-corrected chi connectivity index (χ2v) is 4.67. The second kappa shape index (κ2) is 6.33. The Hall–Kier alpha value is -1.88. The highest BCUT2D eigenvalue weighted by molar-refractivity contribution is 5.75. The van der Waals surface area contributed by atoms with Crippen LogP contribution in [0.2, 0.25) is 0 Å². The zero-order valence-electron chi connectivity index (χ0n) is 11.1. The zero-order valence-corrected chi connectivity index (χ0v) is 11.1. The number of imidazole rings is 1. The fraction of sp³-hybridized carbons (Fsp3) is 0.429. The standard InChI is InChI=1S/C14H19N3O2/c1-10-16-12-5-4-11(9-13(12)17-10)6-8-15-7-2-3-14(18)19/h4-5,9,15H,2-3,6-8H2,1H3,(H,16,17)(H,18,19). The first-order chi connectivity index (χ1) is 9.15. The van der Waals surface area contributed by atoms with Crippen LogP contribution in [0, 0.1) is 6.92 Å². The summed E-state index contributed by atoms with van der Waals surface area (Å²) in [6, 6.07) is 6.23. The lowest BCUT2D eigenvalue weighted by atomic mass is 10.1. The number of carboxylic acid groups (broad SMARTS) is 1. The minimum Gasteiger partial charge on any atom is -0.481 e. The fourth-order valence-electron chi connectivity index (χ4n) is 2.06. The van der Waals surface area contributed by atoms with E-state index in [1.54, 1.807) is 0 Å². The van der Waals surface area contributed by atoms with Crippen molar-refractivity contribution in [1.82, 2.24) is 15.3 Å². The molecule has 0 atom stereocenters. The topological polar surface area (TPSA) is 78.0 Å². The van der Waals surface area contributed by atoms with Crippen LogP contribution in [0.15, 0.2) is 18.2 Å². The molecule has 0 saturated carbocycles. The van der Waals surface area contributed by atoms with Gasteiger partial charge in [0.15, 0.2) is 0 Å². The second-order valence-electron chi connectivity index (χ2n) is 4.67. The van der Waals surface area contributed by atoms with Crippen LogP contribution in [-0.2, 0) is 11.2 Å². The van der Waals surface area contributed by atoms with E-state index in [9.17, 15) is 4.79 Å². The molecule has 5 heteroatoms. The van der Waals surface area contributed by atoms with Gasteiger partial charge in [-0.25, -0.2) is 4.98 Å². The molecule has 0 saturated heterocycles. The molecular formula is C14H19N3O2. The van der Waals surface area contributed by atoms with E-state index in [2.05, 4.69) is 27.4 Å². The highest BCUT2D eigenvalue weighted by atomic mass is 16.4. The van der Waals surface area contributed by atoms with Gasteiger partial charge in [0.05, 0.1) is 11.0 Å². The van der Waals surface area contributed by atoms with Crippen molar-refractivity contribution in [3.63, 3.8) is 0 Å². The molecule has 0 aliphatic carbocycles. The highest BCUT2D eigenvalue weighted by Crippen LogP contribution is 2.13. The number of aliphatic carboxylic acids is 1. The van der Waals surface area contributed by atoms with Gasteiger partial charge in [0.2, 0.25) is 0 Å². The van der Waals surface area contributed by atoms with Crippen molar-refractivity contribution in [2.24, 2.45) is 0 Å². The predicted octanol–water partition coefficient (Wildman–Crippen LogP) is 1.87. The molecule has 19 heavy (non-hydrogen) atoms. The number of hydrogen-bond donors (Lipinski definition) is 3. The summed E-state index contributed by atoms with van der Waals surface area (Å²) in [5, 5.41) is 11.8. The maximum absolute atomic E-state index is 10.3. The lowest BCUT2D eigenvalue weighted by Crippen LogP contribution is -2.19. The van der Waals surface area contributed by atoms with Crippen LogP contribution in [0.3, 0.4) is 0 Å². The van der Waals surface area contributed by atoms with Crippen molar-refractivity contribution in [1.29, 1.82) is 0 Å². The van der Waals surface area contributed by atoms with Gasteiger partial charge in [0, 0.05) is 6.42 Å². The van der Waals surface area contributed by atoms with Crippen molar-refractivity contribution in [3.05, 3.63) is 29.6 Å². The summed E-state index contributed by atoms with van der Waals surface area (Å²) in [7, 11) is 0. The summed E-state index contributed by atoms with van der Waals surface area (Å²) >= 11 is 0. The Morgan fingerprint density at radius 1 is 1.42 bits per heavy atom. The van der Waals surface area contributed by atoms with Crippen molar-refractivity contribution in [2.45, 2.75) is 26.2 Å². The van der Waals surface area contributed by atoms with Gasteiger partial charge in [-0.3, -0.25) is 4.79 Å². The average Bonchev–Trinajstić information content (AvgIpc) is 2.72. The summed E-state index contributed by atoms with van der Waals surface area (Å²) in [5.74, 6) is 0.195. The van der Waals surface area contributed by atoms with E-state index >= 15 is 0 Å². The summed E-state index contributed by atoms with van der Waals surface area (Å²) in [6.07, 6.45) is 1.83. The molecule has 0 spiro atoms. The van der Waals surface area contributed by atoms with Crippen LogP contribution in [0.1, 0.15) is 24.2 Å². The van der Waals surface area contributed by atoms with Gasteiger partial charge in [-0.05, 0) is 50.6 Å². The Balaban J connectivity index is 1.76. The monoisotopic (exact) mass is 261 g/mol. The average molecular weight is 261 g/mol. The number of carboxylic acids is 1. The van der Waals surface area contributed by atoms with Crippen molar-refractivity contribution in [2.75, 3.05) is 13.1 Å². The number of rotatable bonds is 7. The highest BCUT2D eigenvalue weighted by Gasteiger charge is 2.01. The molecule has 0 aliphatic heterocycles. The minimum atomic E-state index is -0.734. The zero-order chi connectivity index (χ0) is 13.7. The summed E-state index contributed by atoms with van der Waals surface area (Å²) < 4.78 is 0. The largest absolute Gasteiger partial charge is 0.481 e. The summed E-state index contributed by atoms with van der Waals surface area (Å²) in [6.45, 7) is 3.56. The molecule has 1 heterocycles. The normalized spacial score (nSPS) is 11.0. The molecule has 5 nitrogen and oxygen atoms in total. The Morgan fingerprint density at radius 3 is 3.05 bits per heavy atom. The number of benzene rings is 1. The summed E-state index contributed by atoms with van der Waals surface area (Å²) in [5.41, 5.74) is 3.32. The van der Waals surface area contributed by atoms with Crippen molar-refractivity contribution < 1.29 is 9.90 Å². The van der Waals surface area contributed by atoms with Gasteiger partial charge in [-0.2, -0.15) is 0 Å². The number of fused-ring (bicyclic) bond motifs is 1. The number of aryl methyl sites for hydroxylation is 1. The van der Waals surface area contributed by atoms with Gasteiger partial charge in [0.25, 0.3) is 0 Å². The molecule has 0 radical (unpaired) electrons. The first-order valence-corrected chi connectivity index (χ1v) is 6.53. The van der Waals surface area contributed by atoms with Gasteiger partial charge in [-0.1, -0.05) is 6.07 Å². The minimum absolute atomic E-state index is 0.229. The molecule has 1 aromatic carbocycles. The molecule has 2 aromatic rings. The smallest absolute Gasteiger partial charge is 0.303 e. The van der Waals surface area contributed by atoms with Crippen molar-refractivity contribution >= 4 is 17.0 Å². The Kier molecular flexibility index (Phi) is 4.52. The molecule has 0 amide bonds. The molecular weight excluding hydrogens is 242 g/mol. The maximum atomic E-state index is 10.3. The molecule has 0 fully saturated rings. The number of aromatic amines is 1. The number of nitrogens with zero attached hydrogens (tertiary/aromatic N) is 1. The van der Waals surface area contributed by atoms with E-state index in [4.69, 9.17) is 5.11 Å². The summed E-state index contributed by atoms with van der Waals surface area (Å²) in [4.78, 5) is 17.9. The molecule has 2 rings (SSSR count). The van der Waals surface area contributed by atoms with Gasteiger partial charge in [-0.15, -0.1) is 0 Å². The third-order valence-corrected chi connectivity index (χ3v) is 3.00. The lowest BCUT2D eigenvalue weighted by Gasteiger charge is -2.04. The van der Waals surface area contributed by atoms with E-state index in [1.165, 1.54) is 5.56 Å². The third kappa shape index (κ3) is 4.06. The van der Waals surface area contributed by atoms with Crippen LogP contribution in [0.5, 0.6) is 0 Å². The van der Waals surface area contributed by atoms with E-state index < -0.39 is 5.97 Å². The molecule has 0 bridgehead atoms. The van der Waals surface area contributed by atoms with Gasteiger partial charge in [0.1, 0.15) is 5.82 Å². The third-order valence-electron chi connectivity index (χ3n) is 3.00. The fourth-order valence-corrected chi connectivity index (χ4v) is 2.06. The Labute approximate surface area is 112 Å². The van der Waals surface area contributed by atoms with Gasteiger partial charge < -0.3 is 15.4 Å². The Bertz CT molecular complexity index is 563. The van der Waals surface area contributed by atoms with E-state index in [0.717, 1.165) is 36.4 Å². The van der Waals surface area contributed by atoms with Crippen LogP contribution < -0.4 is 5.32 Å². The molecule has 102 valence electrons. The molecule has 0 unspecified atom stereocenters. The number of aromatic nitrogens is 2. The van der Waals surface area contributed by atoms with E-state index in [-0.39, 0.29) is 6.42 Å². The number of nitrogens with one attached hydrogen (secondary N) is 2. The van der Waals surface area contributed by atoms with Crippen LogP contribution in [0.25, 0.3) is 11.0 Å². The van der Waals surface area contributed by atoms with E-state index in [1.807, 2.05) is 13.0 Å². The number of hydrogen-bond acceptors (Lipinski definition) is 3. The van der Waals surface area contributed by atoms with Crippen molar-refractivity contribution in [3.8, 4) is 0 Å². The maximum Gasteiger partial charge on any atom is 0.303 e. The van der Waals surface area contributed by atoms with Crippen LogP contribution in [-0.4, -0.2) is 34.1 Å². The van der Waals surface area contributed by atoms with Gasteiger partial charge >= 0.3 is 5.97 Å². The van der Waals surface area contributed by atoms with Crippen LogP contribution in [0.4, 0.5) is 0 Å². The molecule has 3 N–H and O–H groups in total. The Morgan fingerprint density at radius 2 is 2.26 bits per heavy atom. The number of H-pyrrole nitrogens is 1. The van der Waals surface area contributed by atoms with Crippen LogP contribution >= 0.6 is 0 Å². The number of carbonyl (C=O) groups is 1.